The van der Waals surface area contributed by atoms with Crippen LogP contribution < -0.4 is 0 Å². The maximum atomic E-state index is 12.2. The fourth-order valence-corrected chi connectivity index (χ4v) is 3.67. The standard InChI is InChI=1S/C14H18ClNO5S/c1-20-13-7-12(10-22(15,18)19)16(8-13)14(17)21-9-11-5-3-2-4-6-11/h2-6,12-13H,7-10H2,1H3. The molecule has 1 aliphatic rings. The molecule has 2 unspecified atom stereocenters. The normalized spacial score (nSPS) is 21.8. The van der Waals surface area contributed by atoms with Crippen molar-refractivity contribution in [1.82, 2.24) is 4.90 Å². The molecule has 0 saturated carbocycles. The third-order valence-electron chi connectivity index (χ3n) is 3.54. The van der Waals surface area contributed by atoms with Gasteiger partial charge in [-0.15, -0.1) is 0 Å². The number of likely N-dealkylation sites (tertiary alicyclic amines) is 1. The van der Waals surface area contributed by atoms with E-state index in [0.717, 1.165) is 5.56 Å². The molecule has 2 rings (SSSR count). The molecule has 8 heteroatoms. The number of benzene rings is 1. The van der Waals surface area contributed by atoms with E-state index in [1.807, 2.05) is 30.3 Å². The molecule has 1 heterocycles. The van der Waals surface area contributed by atoms with Gasteiger partial charge in [0, 0.05) is 17.8 Å². The zero-order valence-corrected chi connectivity index (χ0v) is 13.7. The monoisotopic (exact) mass is 347 g/mol. The van der Waals surface area contributed by atoms with Crippen LogP contribution in [0.5, 0.6) is 0 Å². The van der Waals surface area contributed by atoms with E-state index >= 15 is 0 Å². The molecule has 22 heavy (non-hydrogen) atoms. The highest BCUT2D eigenvalue weighted by atomic mass is 35.7. The summed E-state index contributed by atoms with van der Waals surface area (Å²) in [6.45, 7) is 0.426. The summed E-state index contributed by atoms with van der Waals surface area (Å²) < 4.78 is 33.0. The molecule has 1 saturated heterocycles. The number of halogens is 1. The Labute approximate surface area is 134 Å². The fourth-order valence-electron chi connectivity index (χ4n) is 2.46. The van der Waals surface area contributed by atoms with Gasteiger partial charge < -0.3 is 14.4 Å². The Balaban J connectivity index is 1.99. The molecule has 2 atom stereocenters. The first-order valence-corrected chi connectivity index (χ1v) is 9.29. The topological polar surface area (TPSA) is 72.9 Å². The van der Waals surface area contributed by atoms with Gasteiger partial charge in [0.1, 0.15) is 6.61 Å². The number of amides is 1. The summed E-state index contributed by atoms with van der Waals surface area (Å²) in [4.78, 5) is 13.6. The third kappa shape index (κ3) is 4.86. The molecule has 0 aliphatic carbocycles. The molecule has 1 amide bonds. The molecule has 0 bridgehead atoms. The number of carbonyl (C=O) groups excluding carboxylic acids is 1. The van der Waals surface area contributed by atoms with Crippen LogP contribution in [0.25, 0.3) is 0 Å². The largest absolute Gasteiger partial charge is 0.445 e. The molecule has 0 radical (unpaired) electrons. The summed E-state index contributed by atoms with van der Waals surface area (Å²) in [5.74, 6) is -0.311. The van der Waals surface area contributed by atoms with Crippen LogP contribution >= 0.6 is 10.7 Å². The van der Waals surface area contributed by atoms with Crippen LogP contribution in [0, 0.1) is 0 Å². The number of methoxy groups -OCH3 is 1. The number of rotatable bonds is 5. The van der Waals surface area contributed by atoms with Crippen molar-refractivity contribution in [2.75, 3.05) is 19.4 Å². The van der Waals surface area contributed by atoms with Crippen molar-refractivity contribution in [3.05, 3.63) is 35.9 Å². The predicted molar refractivity (Wildman–Crippen MR) is 82.2 cm³/mol. The molecule has 1 fully saturated rings. The van der Waals surface area contributed by atoms with E-state index in [1.54, 1.807) is 0 Å². The van der Waals surface area contributed by atoms with Gasteiger partial charge in [0.05, 0.1) is 24.4 Å². The van der Waals surface area contributed by atoms with Gasteiger partial charge in [-0.2, -0.15) is 0 Å². The molecule has 122 valence electrons. The predicted octanol–water partition coefficient (Wildman–Crippen LogP) is 1.98. The molecule has 1 aliphatic heterocycles. The van der Waals surface area contributed by atoms with Crippen LogP contribution in [-0.2, 0) is 25.1 Å². The van der Waals surface area contributed by atoms with Crippen LogP contribution in [0.15, 0.2) is 30.3 Å². The van der Waals surface area contributed by atoms with Crippen LogP contribution in [0.4, 0.5) is 4.79 Å². The first-order chi connectivity index (χ1) is 10.4. The lowest BCUT2D eigenvalue weighted by Crippen LogP contribution is -2.39. The molecular formula is C14H18ClNO5S. The summed E-state index contributed by atoms with van der Waals surface area (Å²) in [6, 6.07) is 8.73. The number of ether oxygens (including phenoxy) is 2. The lowest BCUT2D eigenvalue weighted by atomic mass is 10.2. The zero-order valence-electron chi connectivity index (χ0n) is 12.1. The summed E-state index contributed by atoms with van der Waals surface area (Å²) in [6.07, 6.45) is -0.357. The van der Waals surface area contributed by atoms with E-state index in [2.05, 4.69) is 0 Å². The Hall–Kier alpha value is -1.31. The second kappa shape index (κ2) is 7.30. The van der Waals surface area contributed by atoms with Gasteiger partial charge in [-0.25, -0.2) is 13.2 Å². The quantitative estimate of drug-likeness (QED) is 0.761. The average Bonchev–Trinajstić information content (AvgIpc) is 2.87. The average molecular weight is 348 g/mol. The second-order valence-electron chi connectivity index (χ2n) is 5.15. The second-order valence-corrected chi connectivity index (χ2v) is 7.97. The van der Waals surface area contributed by atoms with Crippen LogP contribution in [0.1, 0.15) is 12.0 Å². The first kappa shape index (κ1) is 17.1. The summed E-state index contributed by atoms with van der Waals surface area (Å²) >= 11 is 0. The highest BCUT2D eigenvalue weighted by Gasteiger charge is 2.38. The minimum absolute atomic E-state index is 0.133. The molecule has 1 aromatic rings. The van der Waals surface area contributed by atoms with Gasteiger partial charge in [-0.05, 0) is 12.0 Å². The highest BCUT2D eigenvalue weighted by Crippen LogP contribution is 2.23. The lowest BCUT2D eigenvalue weighted by Gasteiger charge is -2.22. The van der Waals surface area contributed by atoms with Crippen molar-refractivity contribution < 1.29 is 22.7 Å². The number of hydrogen-bond donors (Lipinski definition) is 0. The Morgan fingerprint density at radius 3 is 2.64 bits per heavy atom. The van der Waals surface area contributed by atoms with E-state index < -0.39 is 21.2 Å². The SMILES string of the molecule is COC1CC(CS(=O)(=O)Cl)N(C(=O)OCc2ccccc2)C1. The van der Waals surface area contributed by atoms with E-state index in [-0.39, 0.29) is 18.5 Å². The van der Waals surface area contributed by atoms with Crippen molar-refractivity contribution in [2.24, 2.45) is 0 Å². The number of carbonyl (C=O) groups is 1. The molecule has 0 N–H and O–H groups in total. The van der Waals surface area contributed by atoms with E-state index in [4.69, 9.17) is 20.2 Å². The zero-order chi connectivity index (χ0) is 16.2. The van der Waals surface area contributed by atoms with E-state index in [1.165, 1.54) is 12.0 Å². The maximum Gasteiger partial charge on any atom is 0.410 e. The molecular weight excluding hydrogens is 330 g/mol. The Kier molecular flexibility index (Phi) is 5.66. The van der Waals surface area contributed by atoms with E-state index in [0.29, 0.717) is 13.0 Å². The smallest absolute Gasteiger partial charge is 0.410 e. The van der Waals surface area contributed by atoms with Crippen LogP contribution in [0.2, 0.25) is 0 Å². The summed E-state index contributed by atoms with van der Waals surface area (Å²) in [7, 11) is 3.12. The van der Waals surface area contributed by atoms with Crippen molar-refractivity contribution in [3.8, 4) is 0 Å². The minimum Gasteiger partial charge on any atom is -0.445 e. The molecule has 0 spiro atoms. The van der Waals surface area contributed by atoms with Crippen molar-refractivity contribution in [1.29, 1.82) is 0 Å². The van der Waals surface area contributed by atoms with Gasteiger partial charge in [0.15, 0.2) is 0 Å². The molecule has 0 aromatic heterocycles. The van der Waals surface area contributed by atoms with Crippen LogP contribution in [0.3, 0.4) is 0 Å². The minimum atomic E-state index is -3.71. The highest BCUT2D eigenvalue weighted by molar-refractivity contribution is 8.13. The Morgan fingerprint density at radius 1 is 1.36 bits per heavy atom. The van der Waals surface area contributed by atoms with Gasteiger partial charge in [0.2, 0.25) is 9.05 Å². The van der Waals surface area contributed by atoms with Crippen molar-refractivity contribution in [2.45, 2.75) is 25.2 Å². The van der Waals surface area contributed by atoms with Gasteiger partial charge in [-0.1, -0.05) is 30.3 Å². The van der Waals surface area contributed by atoms with Crippen molar-refractivity contribution >= 4 is 25.8 Å². The number of hydrogen-bond acceptors (Lipinski definition) is 5. The van der Waals surface area contributed by atoms with Gasteiger partial charge in [0.25, 0.3) is 0 Å². The van der Waals surface area contributed by atoms with Crippen LogP contribution in [-0.4, -0.2) is 51.0 Å². The summed E-state index contributed by atoms with van der Waals surface area (Å²) in [5.41, 5.74) is 0.861. The van der Waals surface area contributed by atoms with Gasteiger partial charge in [-0.3, -0.25) is 0 Å². The first-order valence-electron chi connectivity index (χ1n) is 6.81. The van der Waals surface area contributed by atoms with Crippen molar-refractivity contribution in [3.63, 3.8) is 0 Å². The third-order valence-corrected chi connectivity index (χ3v) is 4.70. The van der Waals surface area contributed by atoms with E-state index in [9.17, 15) is 13.2 Å². The molecule has 1 aromatic carbocycles. The Bertz CT molecular complexity index is 607. The van der Waals surface area contributed by atoms with Gasteiger partial charge >= 0.3 is 6.09 Å². The Morgan fingerprint density at radius 2 is 2.05 bits per heavy atom. The molecule has 6 nitrogen and oxygen atoms in total. The fraction of sp³-hybridized carbons (Fsp3) is 0.500. The maximum absolute atomic E-state index is 12.2. The lowest BCUT2D eigenvalue weighted by molar-refractivity contribution is 0.0813. The number of nitrogens with zero attached hydrogens (tertiary/aromatic N) is 1. The summed E-state index contributed by atoms with van der Waals surface area (Å²) in [5, 5.41) is 0.